The molecule has 1 fully saturated rings. The topological polar surface area (TPSA) is 80.0 Å². The van der Waals surface area contributed by atoms with Crippen LogP contribution in [0.1, 0.15) is 19.3 Å². The van der Waals surface area contributed by atoms with Crippen LogP contribution >= 0.6 is 0 Å². The Morgan fingerprint density at radius 1 is 1.15 bits per heavy atom. The first kappa shape index (κ1) is 12.7. The molecular weight excluding hydrogens is 252 g/mol. The molecule has 6 nitrogen and oxygen atoms in total. The van der Waals surface area contributed by atoms with E-state index in [1.165, 1.54) is 19.3 Å². The number of nitrogen functional groups attached to an aromatic ring is 1. The van der Waals surface area contributed by atoms with Crippen molar-refractivity contribution in [1.82, 2.24) is 15.0 Å². The Morgan fingerprint density at radius 3 is 2.75 bits per heavy atom. The number of rotatable bonds is 3. The highest BCUT2D eigenvalue weighted by atomic mass is 15.2. The van der Waals surface area contributed by atoms with E-state index in [1.807, 2.05) is 12.1 Å². The molecule has 0 aromatic carbocycles. The number of pyridine rings is 1. The summed E-state index contributed by atoms with van der Waals surface area (Å²) in [5, 5.41) is 3.19. The summed E-state index contributed by atoms with van der Waals surface area (Å²) in [4.78, 5) is 14.9. The van der Waals surface area contributed by atoms with E-state index < -0.39 is 0 Å². The Bertz CT molecular complexity index is 565. The molecule has 0 radical (unpaired) electrons. The van der Waals surface area contributed by atoms with Crippen molar-refractivity contribution in [3.05, 3.63) is 30.9 Å². The number of aromatic nitrogens is 3. The van der Waals surface area contributed by atoms with Gasteiger partial charge in [-0.05, 0) is 31.4 Å². The number of hydrogen-bond donors (Lipinski definition) is 2. The van der Waals surface area contributed by atoms with Crippen molar-refractivity contribution in [1.29, 1.82) is 0 Å². The highest BCUT2D eigenvalue weighted by molar-refractivity contribution is 5.78. The molecule has 0 bridgehead atoms. The summed E-state index contributed by atoms with van der Waals surface area (Å²) in [6.45, 7) is 2.01. The molecule has 6 heteroatoms. The Hall–Kier alpha value is -2.37. The molecule has 2 aromatic rings. The standard InChI is InChI=1S/C14H18N6/c15-12-13(19-11-5-4-6-16-9-11)17-10-18-14(12)20-7-2-1-3-8-20/h4-6,9-10H,1-3,7-8,15H2,(H,17,18,19). The number of hydrogen-bond acceptors (Lipinski definition) is 6. The predicted molar refractivity (Wildman–Crippen MR) is 80.0 cm³/mol. The van der Waals surface area contributed by atoms with Crippen molar-refractivity contribution in [3.63, 3.8) is 0 Å². The predicted octanol–water partition coefficient (Wildman–Crippen LogP) is 2.19. The third-order valence-electron chi connectivity index (χ3n) is 3.44. The first-order valence-corrected chi connectivity index (χ1v) is 6.87. The highest BCUT2D eigenvalue weighted by Gasteiger charge is 2.17. The number of anilines is 4. The van der Waals surface area contributed by atoms with Crippen LogP contribution in [0.5, 0.6) is 0 Å². The molecule has 1 saturated heterocycles. The molecule has 0 unspecified atom stereocenters. The molecule has 20 heavy (non-hydrogen) atoms. The van der Waals surface area contributed by atoms with Crippen molar-refractivity contribution in [3.8, 4) is 0 Å². The zero-order valence-electron chi connectivity index (χ0n) is 11.3. The van der Waals surface area contributed by atoms with Crippen molar-refractivity contribution in [2.45, 2.75) is 19.3 Å². The van der Waals surface area contributed by atoms with Crippen LogP contribution in [0.25, 0.3) is 0 Å². The molecule has 1 aliphatic rings. The number of nitrogens with two attached hydrogens (primary N) is 1. The lowest BCUT2D eigenvalue weighted by atomic mass is 10.1. The van der Waals surface area contributed by atoms with Gasteiger partial charge in [-0.2, -0.15) is 0 Å². The van der Waals surface area contributed by atoms with Crippen molar-refractivity contribution in [2.75, 3.05) is 29.0 Å². The minimum Gasteiger partial charge on any atom is -0.393 e. The van der Waals surface area contributed by atoms with Gasteiger partial charge in [0, 0.05) is 19.3 Å². The largest absolute Gasteiger partial charge is 0.393 e. The summed E-state index contributed by atoms with van der Waals surface area (Å²) in [6.07, 6.45) is 8.68. The second-order valence-corrected chi connectivity index (χ2v) is 4.87. The second kappa shape index (κ2) is 5.73. The summed E-state index contributed by atoms with van der Waals surface area (Å²) in [7, 11) is 0. The first-order valence-electron chi connectivity index (χ1n) is 6.87. The molecule has 0 aliphatic carbocycles. The van der Waals surface area contributed by atoms with E-state index in [0.717, 1.165) is 24.6 Å². The summed E-state index contributed by atoms with van der Waals surface area (Å²) in [5.41, 5.74) is 7.67. The van der Waals surface area contributed by atoms with E-state index >= 15 is 0 Å². The summed E-state index contributed by atoms with van der Waals surface area (Å²) in [5.74, 6) is 1.46. The average Bonchev–Trinajstić information content (AvgIpc) is 2.51. The minimum absolute atomic E-state index is 0.596. The fourth-order valence-electron chi connectivity index (χ4n) is 2.42. The second-order valence-electron chi connectivity index (χ2n) is 4.87. The Balaban J connectivity index is 1.85. The molecule has 0 amide bonds. The molecule has 1 aliphatic heterocycles. The number of piperidine rings is 1. The maximum atomic E-state index is 6.21. The smallest absolute Gasteiger partial charge is 0.159 e. The fourth-order valence-corrected chi connectivity index (χ4v) is 2.42. The molecule has 0 spiro atoms. The molecule has 0 saturated carbocycles. The molecule has 2 aromatic heterocycles. The maximum absolute atomic E-state index is 6.21. The lowest BCUT2D eigenvalue weighted by Gasteiger charge is -2.28. The summed E-state index contributed by atoms with van der Waals surface area (Å²) >= 11 is 0. The van der Waals surface area contributed by atoms with Gasteiger partial charge in [-0.15, -0.1) is 0 Å². The minimum atomic E-state index is 0.596. The van der Waals surface area contributed by atoms with Gasteiger partial charge in [-0.3, -0.25) is 4.98 Å². The third-order valence-corrected chi connectivity index (χ3v) is 3.44. The van der Waals surface area contributed by atoms with E-state index in [2.05, 4.69) is 25.2 Å². The summed E-state index contributed by atoms with van der Waals surface area (Å²) in [6, 6.07) is 3.79. The van der Waals surface area contributed by atoms with Gasteiger partial charge in [0.25, 0.3) is 0 Å². The van der Waals surface area contributed by atoms with Crippen LogP contribution in [-0.4, -0.2) is 28.0 Å². The van der Waals surface area contributed by atoms with Crippen LogP contribution in [-0.2, 0) is 0 Å². The average molecular weight is 270 g/mol. The van der Waals surface area contributed by atoms with Crippen LogP contribution in [0.4, 0.5) is 23.0 Å². The van der Waals surface area contributed by atoms with Gasteiger partial charge in [0.1, 0.15) is 12.0 Å². The maximum Gasteiger partial charge on any atom is 0.159 e. The molecule has 104 valence electrons. The molecular formula is C14H18N6. The van der Waals surface area contributed by atoms with E-state index in [9.17, 15) is 0 Å². The normalized spacial score (nSPS) is 15.1. The van der Waals surface area contributed by atoms with Gasteiger partial charge in [0.15, 0.2) is 11.6 Å². The van der Waals surface area contributed by atoms with Crippen LogP contribution in [0.3, 0.4) is 0 Å². The van der Waals surface area contributed by atoms with Crippen molar-refractivity contribution < 1.29 is 0 Å². The van der Waals surface area contributed by atoms with Gasteiger partial charge in [-0.1, -0.05) is 0 Å². The van der Waals surface area contributed by atoms with E-state index in [-0.39, 0.29) is 0 Å². The van der Waals surface area contributed by atoms with Crippen molar-refractivity contribution in [2.24, 2.45) is 0 Å². The Labute approximate surface area is 118 Å². The first-order chi connectivity index (χ1) is 9.84. The van der Waals surface area contributed by atoms with Crippen LogP contribution in [0, 0.1) is 0 Å². The number of nitrogens with zero attached hydrogens (tertiary/aromatic N) is 4. The fraction of sp³-hybridized carbons (Fsp3) is 0.357. The number of nitrogens with one attached hydrogen (secondary N) is 1. The molecule has 3 rings (SSSR count). The van der Waals surface area contributed by atoms with Gasteiger partial charge < -0.3 is 16.0 Å². The van der Waals surface area contributed by atoms with Gasteiger partial charge in [-0.25, -0.2) is 9.97 Å². The highest BCUT2D eigenvalue weighted by Crippen LogP contribution is 2.29. The van der Waals surface area contributed by atoms with E-state index in [0.29, 0.717) is 11.5 Å². The SMILES string of the molecule is Nc1c(Nc2cccnc2)ncnc1N1CCCCC1. The molecule has 0 atom stereocenters. The van der Waals surface area contributed by atoms with Gasteiger partial charge in [0.05, 0.1) is 11.9 Å². The van der Waals surface area contributed by atoms with Gasteiger partial charge in [0.2, 0.25) is 0 Å². The van der Waals surface area contributed by atoms with Crippen molar-refractivity contribution >= 4 is 23.0 Å². The molecule has 3 N–H and O–H groups in total. The quantitative estimate of drug-likeness (QED) is 0.890. The van der Waals surface area contributed by atoms with Crippen LogP contribution in [0.15, 0.2) is 30.9 Å². The Kier molecular flexibility index (Phi) is 3.62. The summed E-state index contributed by atoms with van der Waals surface area (Å²) < 4.78 is 0. The molecule has 3 heterocycles. The zero-order valence-corrected chi connectivity index (χ0v) is 11.3. The van der Waals surface area contributed by atoms with E-state index in [4.69, 9.17) is 5.73 Å². The van der Waals surface area contributed by atoms with Crippen LogP contribution in [0.2, 0.25) is 0 Å². The third kappa shape index (κ3) is 2.64. The lowest BCUT2D eigenvalue weighted by molar-refractivity contribution is 0.574. The van der Waals surface area contributed by atoms with Crippen LogP contribution < -0.4 is 16.0 Å². The lowest BCUT2D eigenvalue weighted by Crippen LogP contribution is -2.31. The Morgan fingerprint density at radius 2 is 2.00 bits per heavy atom. The zero-order chi connectivity index (χ0) is 13.8. The van der Waals surface area contributed by atoms with E-state index in [1.54, 1.807) is 18.7 Å². The monoisotopic (exact) mass is 270 g/mol. The van der Waals surface area contributed by atoms with Gasteiger partial charge >= 0.3 is 0 Å².